The molecule has 7 heteroatoms. The number of carboxylic acids is 1. The van der Waals surface area contributed by atoms with Crippen LogP contribution in [0, 0.1) is 11.7 Å². The number of amides is 1. The maximum Gasteiger partial charge on any atom is 0.308 e. The van der Waals surface area contributed by atoms with E-state index in [1.807, 2.05) is 0 Å². The first-order valence-corrected chi connectivity index (χ1v) is 7.35. The van der Waals surface area contributed by atoms with Crippen LogP contribution in [-0.2, 0) is 9.59 Å². The van der Waals surface area contributed by atoms with Crippen LogP contribution < -0.4 is 4.74 Å². The van der Waals surface area contributed by atoms with Gasteiger partial charge < -0.3 is 14.7 Å². The number of halogens is 2. The summed E-state index contributed by atoms with van der Waals surface area (Å²) in [6.07, 6.45) is 1.26. The van der Waals surface area contributed by atoms with Gasteiger partial charge in [0.2, 0.25) is 0 Å². The lowest BCUT2D eigenvalue weighted by Crippen LogP contribution is -2.44. The number of carbonyl (C=O) groups is 2. The molecule has 5 nitrogen and oxygen atoms in total. The number of hydrogen-bond donors (Lipinski definition) is 1. The molecule has 1 N–H and O–H groups in total. The Balaban J connectivity index is 1.90. The second-order valence-corrected chi connectivity index (χ2v) is 5.73. The fraction of sp³-hybridized carbons (Fsp3) is 0.429. The highest BCUT2D eigenvalue weighted by atomic mass is 79.9. The van der Waals surface area contributed by atoms with Crippen LogP contribution in [0.1, 0.15) is 12.8 Å². The monoisotopic (exact) mass is 359 g/mol. The standard InChI is InChI=1S/C14H15BrFNO4/c15-11-6-10(16)3-4-12(11)21-8-13(18)17-5-1-2-9(7-17)14(19)20/h3-4,6,9H,1-2,5,7-8H2,(H,19,20). The molecule has 1 unspecified atom stereocenters. The normalized spacial score (nSPS) is 18.4. The number of hydrogen-bond acceptors (Lipinski definition) is 3. The Morgan fingerprint density at radius 1 is 1.48 bits per heavy atom. The lowest BCUT2D eigenvalue weighted by Gasteiger charge is -2.30. The maximum absolute atomic E-state index is 12.9. The molecular weight excluding hydrogens is 345 g/mol. The fourth-order valence-corrected chi connectivity index (χ4v) is 2.69. The summed E-state index contributed by atoms with van der Waals surface area (Å²) >= 11 is 3.15. The van der Waals surface area contributed by atoms with Crippen LogP contribution in [0.15, 0.2) is 22.7 Å². The topological polar surface area (TPSA) is 66.8 Å². The highest BCUT2D eigenvalue weighted by molar-refractivity contribution is 9.10. The van der Waals surface area contributed by atoms with Gasteiger partial charge in [0.1, 0.15) is 11.6 Å². The number of likely N-dealkylation sites (tertiary alicyclic amines) is 1. The zero-order valence-corrected chi connectivity index (χ0v) is 12.8. The van der Waals surface area contributed by atoms with Crippen LogP contribution >= 0.6 is 15.9 Å². The van der Waals surface area contributed by atoms with Crippen molar-refractivity contribution in [1.29, 1.82) is 0 Å². The van der Waals surface area contributed by atoms with Crippen LogP contribution in [0.2, 0.25) is 0 Å². The van der Waals surface area contributed by atoms with E-state index in [0.717, 1.165) is 0 Å². The predicted molar refractivity (Wildman–Crippen MR) is 76.5 cm³/mol. The first kappa shape index (κ1) is 15.8. The first-order chi connectivity index (χ1) is 9.97. The molecule has 114 valence electrons. The Labute approximate surface area is 129 Å². The second-order valence-electron chi connectivity index (χ2n) is 4.88. The molecular formula is C14H15BrFNO4. The van der Waals surface area contributed by atoms with Gasteiger partial charge in [0.25, 0.3) is 5.91 Å². The van der Waals surface area contributed by atoms with Crippen molar-refractivity contribution < 1.29 is 23.8 Å². The highest BCUT2D eigenvalue weighted by Gasteiger charge is 2.28. The third kappa shape index (κ3) is 4.17. The van der Waals surface area contributed by atoms with Crippen LogP contribution in [0.25, 0.3) is 0 Å². The summed E-state index contributed by atoms with van der Waals surface area (Å²) in [6.45, 7) is 0.551. The molecule has 1 saturated heterocycles. The minimum atomic E-state index is -0.880. The van der Waals surface area contributed by atoms with E-state index in [1.54, 1.807) is 0 Å². The quantitative estimate of drug-likeness (QED) is 0.895. The largest absolute Gasteiger partial charge is 0.483 e. The van der Waals surface area contributed by atoms with E-state index in [0.29, 0.717) is 29.6 Å². The molecule has 1 aromatic rings. The zero-order valence-electron chi connectivity index (χ0n) is 11.2. The van der Waals surface area contributed by atoms with E-state index in [-0.39, 0.29) is 19.1 Å². The Morgan fingerprint density at radius 2 is 2.24 bits per heavy atom. The highest BCUT2D eigenvalue weighted by Crippen LogP contribution is 2.25. The van der Waals surface area contributed by atoms with Gasteiger partial charge in [-0.15, -0.1) is 0 Å². The van der Waals surface area contributed by atoms with E-state index >= 15 is 0 Å². The lowest BCUT2D eigenvalue weighted by molar-refractivity contribution is -0.146. The Bertz CT molecular complexity index is 552. The van der Waals surface area contributed by atoms with E-state index in [4.69, 9.17) is 9.84 Å². The lowest BCUT2D eigenvalue weighted by atomic mass is 9.98. The van der Waals surface area contributed by atoms with Crippen molar-refractivity contribution in [3.05, 3.63) is 28.5 Å². The van der Waals surface area contributed by atoms with Crippen molar-refractivity contribution in [2.75, 3.05) is 19.7 Å². The molecule has 1 fully saturated rings. The average Bonchev–Trinajstić information content (AvgIpc) is 2.46. The molecule has 1 aliphatic rings. The van der Waals surface area contributed by atoms with Gasteiger partial charge in [-0.25, -0.2) is 4.39 Å². The molecule has 1 atom stereocenters. The molecule has 0 spiro atoms. The molecule has 21 heavy (non-hydrogen) atoms. The summed E-state index contributed by atoms with van der Waals surface area (Å²) in [5.74, 6) is -1.69. The summed E-state index contributed by atoms with van der Waals surface area (Å²) < 4.78 is 18.7. The van der Waals surface area contributed by atoms with Gasteiger partial charge in [0, 0.05) is 13.1 Å². The molecule has 0 radical (unpaired) electrons. The minimum Gasteiger partial charge on any atom is -0.483 e. The van der Waals surface area contributed by atoms with Crippen LogP contribution in [0.3, 0.4) is 0 Å². The molecule has 1 amide bonds. The smallest absolute Gasteiger partial charge is 0.308 e. The zero-order chi connectivity index (χ0) is 15.4. The van der Waals surface area contributed by atoms with Crippen molar-refractivity contribution in [2.24, 2.45) is 5.92 Å². The summed E-state index contributed by atoms with van der Waals surface area (Å²) in [5, 5.41) is 9.00. The van der Waals surface area contributed by atoms with Gasteiger partial charge in [-0.3, -0.25) is 9.59 Å². The number of piperidine rings is 1. The van der Waals surface area contributed by atoms with Gasteiger partial charge in [-0.2, -0.15) is 0 Å². The summed E-state index contributed by atoms with van der Waals surface area (Å²) in [7, 11) is 0. The van der Waals surface area contributed by atoms with Crippen molar-refractivity contribution in [2.45, 2.75) is 12.8 Å². The van der Waals surface area contributed by atoms with E-state index in [9.17, 15) is 14.0 Å². The maximum atomic E-state index is 12.9. The van der Waals surface area contributed by atoms with Crippen molar-refractivity contribution >= 4 is 27.8 Å². The second kappa shape index (κ2) is 6.89. The number of ether oxygens (including phenoxy) is 1. The number of carboxylic acid groups (broad SMARTS) is 1. The molecule has 0 bridgehead atoms. The summed E-state index contributed by atoms with van der Waals surface area (Å²) in [4.78, 5) is 24.5. The summed E-state index contributed by atoms with van der Waals surface area (Å²) in [6, 6.07) is 3.93. The molecule has 0 saturated carbocycles. The van der Waals surface area contributed by atoms with Crippen LogP contribution in [-0.4, -0.2) is 41.6 Å². The Kier molecular flexibility index (Phi) is 5.17. The number of benzene rings is 1. The number of rotatable bonds is 4. The predicted octanol–water partition coefficient (Wildman–Crippen LogP) is 2.29. The Morgan fingerprint density at radius 3 is 2.90 bits per heavy atom. The average molecular weight is 360 g/mol. The summed E-state index contributed by atoms with van der Waals surface area (Å²) in [5.41, 5.74) is 0. The number of aliphatic carboxylic acids is 1. The molecule has 1 heterocycles. The fourth-order valence-electron chi connectivity index (χ4n) is 2.23. The van der Waals surface area contributed by atoms with E-state index < -0.39 is 17.7 Å². The molecule has 0 aliphatic carbocycles. The molecule has 1 aromatic carbocycles. The van der Waals surface area contributed by atoms with Gasteiger partial charge in [-0.1, -0.05) is 0 Å². The van der Waals surface area contributed by atoms with Crippen molar-refractivity contribution in [3.8, 4) is 5.75 Å². The van der Waals surface area contributed by atoms with Gasteiger partial charge in [-0.05, 0) is 47.0 Å². The third-order valence-corrected chi connectivity index (χ3v) is 3.99. The first-order valence-electron chi connectivity index (χ1n) is 6.56. The van der Waals surface area contributed by atoms with Crippen molar-refractivity contribution in [1.82, 2.24) is 4.90 Å². The van der Waals surface area contributed by atoms with Gasteiger partial charge in [0.05, 0.1) is 10.4 Å². The van der Waals surface area contributed by atoms with E-state index in [2.05, 4.69) is 15.9 Å². The molecule has 1 aliphatic heterocycles. The van der Waals surface area contributed by atoms with Crippen LogP contribution in [0.4, 0.5) is 4.39 Å². The van der Waals surface area contributed by atoms with Crippen molar-refractivity contribution in [3.63, 3.8) is 0 Å². The third-order valence-electron chi connectivity index (χ3n) is 3.37. The SMILES string of the molecule is O=C(O)C1CCCN(C(=O)COc2ccc(F)cc2Br)C1. The Hall–Kier alpha value is -1.63. The number of carbonyl (C=O) groups excluding carboxylic acids is 1. The minimum absolute atomic E-state index is 0.198. The van der Waals surface area contributed by atoms with E-state index in [1.165, 1.54) is 23.1 Å². The number of nitrogens with zero attached hydrogens (tertiary/aromatic N) is 1. The van der Waals surface area contributed by atoms with Crippen LogP contribution in [0.5, 0.6) is 5.75 Å². The molecule has 0 aromatic heterocycles. The molecule has 2 rings (SSSR count). The van der Waals surface area contributed by atoms with Gasteiger partial charge in [0.15, 0.2) is 6.61 Å². The van der Waals surface area contributed by atoms with Gasteiger partial charge >= 0.3 is 5.97 Å².